The Bertz CT molecular complexity index is 1370. The van der Waals surface area contributed by atoms with Crippen LogP contribution in [0.2, 0.25) is 0 Å². The monoisotopic (exact) mass is 771 g/mol. The first kappa shape index (κ1) is 46.7. The van der Waals surface area contributed by atoms with Crippen molar-refractivity contribution in [2.45, 2.75) is 173 Å². The molecule has 308 valence electrons. The van der Waals surface area contributed by atoms with Crippen LogP contribution in [0.1, 0.15) is 142 Å². The third-order valence-electron chi connectivity index (χ3n) is 10.0. The van der Waals surface area contributed by atoms with E-state index in [2.05, 4.69) is 28.2 Å². The Kier molecular flexibility index (Phi) is 22.3. The highest BCUT2D eigenvalue weighted by molar-refractivity contribution is 5.95. The molecule has 5 atom stereocenters. The number of unbranched alkanes of at least 4 members (excludes halogenated alkanes) is 12. The maximum absolute atomic E-state index is 13.3. The summed E-state index contributed by atoms with van der Waals surface area (Å²) >= 11 is 0. The van der Waals surface area contributed by atoms with E-state index in [0.29, 0.717) is 19.3 Å². The SMILES string of the molecule is CCCCCCCCCCCCCCCC(=O)N[C@@H](CCC(=O)N[C@@H](C)C(=O)N[C@@H](C)C(=O)N1CCC[C@H]1C(=O)N[C@@H](Cc1ccccc1)C(=O)O)C(=O)O. The number of carbonyl (C=O) groups excluding carboxylic acids is 5. The van der Waals surface area contributed by atoms with Crippen molar-refractivity contribution in [2.24, 2.45) is 0 Å². The summed E-state index contributed by atoms with van der Waals surface area (Å²) in [6.45, 7) is 5.35. The zero-order valence-electron chi connectivity index (χ0n) is 33.1. The van der Waals surface area contributed by atoms with Crippen LogP contribution >= 0.6 is 0 Å². The van der Waals surface area contributed by atoms with Gasteiger partial charge in [-0.15, -0.1) is 0 Å². The molecule has 0 saturated carbocycles. The molecule has 5 amide bonds. The summed E-state index contributed by atoms with van der Waals surface area (Å²) in [6.07, 6.45) is 16.0. The first-order chi connectivity index (χ1) is 26.3. The predicted octanol–water partition coefficient (Wildman–Crippen LogP) is 4.63. The summed E-state index contributed by atoms with van der Waals surface area (Å²) in [4.78, 5) is 89.3. The van der Waals surface area contributed by atoms with Gasteiger partial charge in [-0.05, 0) is 45.1 Å². The van der Waals surface area contributed by atoms with Gasteiger partial charge in [0.1, 0.15) is 30.2 Å². The lowest BCUT2D eigenvalue weighted by molar-refractivity contribution is -0.144. The van der Waals surface area contributed by atoms with Crippen molar-refractivity contribution >= 4 is 41.5 Å². The second-order valence-corrected chi connectivity index (χ2v) is 14.8. The molecule has 1 aliphatic rings. The topological polar surface area (TPSA) is 211 Å². The smallest absolute Gasteiger partial charge is 0.326 e. The van der Waals surface area contributed by atoms with Crippen LogP contribution < -0.4 is 21.3 Å². The first-order valence-electron chi connectivity index (χ1n) is 20.3. The third-order valence-corrected chi connectivity index (χ3v) is 10.0. The number of amides is 5. The molecule has 0 aromatic heterocycles. The maximum atomic E-state index is 13.3. The van der Waals surface area contributed by atoms with Gasteiger partial charge in [-0.25, -0.2) is 9.59 Å². The lowest BCUT2D eigenvalue weighted by Gasteiger charge is -2.28. The number of likely N-dealkylation sites (tertiary alicyclic amines) is 1. The van der Waals surface area contributed by atoms with Gasteiger partial charge in [0.25, 0.3) is 0 Å². The minimum Gasteiger partial charge on any atom is -0.480 e. The maximum Gasteiger partial charge on any atom is 0.326 e. The van der Waals surface area contributed by atoms with Crippen molar-refractivity contribution in [3.8, 4) is 0 Å². The van der Waals surface area contributed by atoms with E-state index in [4.69, 9.17) is 0 Å². The van der Waals surface area contributed by atoms with Gasteiger partial charge in [0.2, 0.25) is 29.5 Å². The number of hydrogen-bond donors (Lipinski definition) is 6. The normalized spacial score (nSPS) is 16.0. The number of benzene rings is 1. The van der Waals surface area contributed by atoms with Crippen molar-refractivity contribution < 1.29 is 43.8 Å². The summed E-state index contributed by atoms with van der Waals surface area (Å²) < 4.78 is 0. The predicted molar refractivity (Wildman–Crippen MR) is 209 cm³/mol. The first-order valence-corrected chi connectivity index (χ1v) is 20.3. The van der Waals surface area contributed by atoms with Crippen LogP contribution in [0.4, 0.5) is 0 Å². The van der Waals surface area contributed by atoms with Gasteiger partial charge in [0.15, 0.2) is 0 Å². The standard InChI is InChI=1S/C41H65N5O9/c1-4-5-6-7-8-9-10-11-12-13-14-15-19-24-35(47)44-32(40(52)53)25-26-36(48)42-29(2)37(49)43-30(3)39(51)46-27-20-23-34(46)38(50)45-33(41(54)55)28-31-21-17-16-18-22-31/h16-18,21-22,29-30,32-34H,4-15,19-20,23-28H2,1-3H3,(H,42,48)(H,43,49)(H,44,47)(H,45,50)(H,52,53)(H,54,55)/t29-,30-,32-,33-,34-/m0/s1. The van der Waals surface area contributed by atoms with E-state index in [9.17, 15) is 43.8 Å². The van der Waals surface area contributed by atoms with Crippen molar-refractivity contribution in [1.82, 2.24) is 26.2 Å². The van der Waals surface area contributed by atoms with E-state index in [1.54, 1.807) is 30.3 Å². The summed E-state index contributed by atoms with van der Waals surface area (Å²) in [6, 6.07) is 3.40. The van der Waals surface area contributed by atoms with Crippen molar-refractivity contribution in [1.29, 1.82) is 0 Å². The highest BCUT2D eigenvalue weighted by Crippen LogP contribution is 2.19. The van der Waals surface area contributed by atoms with Crippen LogP contribution in [0.5, 0.6) is 0 Å². The summed E-state index contributed by atoms with van der Waals surface area (Å²) in [7, 11) is 0. The fourth-order valence-corrected chi connectivity index (χ4v) is 6.75. The van der Waals surface area contributed by atoms with Gasteiger partial charge in [-0.1, -0.05) is 114 Å². The molecule has 1 fully saturated rings. The van der Waals surface area contributed by atoms with Gasteiger partial charge in [0, 0.05) is 25.8 Å². The number of hydrogen-bond acceptors (Lipinski definition) is 7. The van der Waals surface area contributed by atoms with Gasteiger partial charge in [-0.2, -0.15) is 0 Å². The van der Waals surface area contributed by atoms with E-state index in [1.807, 2.05) is 0 Å². The Morgan fingerprint density at radius 1 is 0.673 bits per heavy atom. The van der Waals surface area contributed by atoms with E-state index < -0.39 is 65.8 Å². The lowest BCUT2D eigenvalue weighted by atomic mass is 10.0. The van der Waals surface area contributed by atoms with Crippen molar-refractivity contribution in [2.75, 3.05) is 6.54 Å². The zero-order chi connectivity index (χ0) is 40.6. The Labute approximate surface area is 326 Å². The zero-order valence-corrected chi connectivity index (χ0v) is 33.1. The fraction of sp³-hybridized carbons (Fsp3) is 0.683. The fourth-order valence-electron chi connectivity index (χ4n) is 6.75. The molecule has 0 radical (unpaired) electrons. The molecule has 14 heteroatoms. The largest absolute Gasteiger partial charge is 0.480 e. The number of nitrogens with one attached hydrogen (secondary N) is 4. The van der Waals surface area contributed by atoms with Crippen LogP contribution in [0.25, 0.3) is 0 Å². The van der Waals surface area contributed by atoms with Gasteiger partial charge in [-0.3, -0.25) is 24.0 Å². The number of aliphatic carboxylic acids is 2. The third kappa shape index (κ3) is 18.6. The van der Waals surface area contributed by atoms with Gasteiger partial charge >= 0.3 is 11.9 Å². The molecular formula is C41H65N5O9. The Morgan fingerprint density at radius 3 is 1.78 bits per heavy atom. The molecular weight excluding hydrogens is 706 g/mol. The Hall–Kier alpha value is -4.49. The molecule has 0 bridgehead atoms. The summed E-state index contributed by atoms with van der Waals surface area (Å²) in [5.74, 6) is -5.22. The number of carboxylic acids is 2. The van der Waals surface area contributed by atoms with Crippen LogP contribution in [0.15, 0.2) is 30.3 Å². The molecule has 1 saturated heterocycles. The number of nitrogens with zero attached hydrogens (tertiary/aromatic N) is 1. The van der Waals surface area contributed by atoms with Crippen LogP contribution in [-0.2, 0) is 40.0 Å². The van der Waals surface area contributed by atoms with Gasteiger partial charge in [0.05, 0.1) is 0 Å². The molecule has 0 spiro atoms. The summed E-state index contributed by atoms with van der Waals surface area (Å²) in [5.41, 5.74) is 0.732. The Balaban J connectivity index is 1.70. The molecule has 2 rings (SSSR count). The second-order valence-electron chi connectivity index (χ2n) is 14.8. The number of carbonyl (C=O) groups is 7. The minimum atomic E-state index is -1.26. The van der Waals surface area contributed by atoms with Crippen LogP contribution in [-0.4, -0.2) is 93.3 Å². The average Bonchev–Trinajstić information content (AvgIpc) is 3.65. The molecule has 1 aromatic rings. The molecule has 6 N–H and O–H groups in total. The Morgan fingerprint density at radius 2 is 1.22 bits per heavy atom. The molecule has 0 aliphatic carbocycles. The number of carboxylic acid groups (broad SMARTS) is 2. The van der Waals surface area contributed by atoms with E-state index in [1.165, 1.54) is 76.5 Å². The molecule has 1 aliphatic heterocycles. The highest BCUT2D eigenvalue weighted by atomic mass is 16.4. The molecule has 1 aromatic carbocycles. The molecule has 1 heterocycles. The van der Waals surface area contributed by atoms with Crippen molar-refractivity contribution in [3.63, 3.8) is 0 Å². The van der Waals surface area contributed by atoms with E-state index in [-0.39, 0.29) is 38.1 Å². The minimum absolute atomic E-state index is 0.0732. The van der Waals surface area contributed by atoms with Crippen LogP contribution in [0.3, 0.4) is 0 Å². The quantitative estimate of drug-likeness (QED) is 0.0655. The van der Waals surface area contributed by atoms with Crippen molar-refractivity contribution in [3.05, 3.63) is 35.9 Å². The second kappa shape index (κ2) is 26.3. The molecule has 55 heavy (non-hydrogen) atoms. The average molecular weight is 772 g/mol. The number of rotatable bonds is 28. The molecule has 0 unspecified atom stereocenters. The van der Waals surface area contributed by atoms with Gasteiger partial charge < -0.3 is 36.4 Å². The van der Waals surface area contributed by atoms with Crippen LogP contribution in [0, 0.1) is 0 Å². The highest BCUT2D eigenvalue weighted by Gasteiger charge is 2.38. The summed E-state index contributed by atoms with van der Waals surface area (Å²) in [5, 5.41) is 29.4. The van der Waals surface area contributed by atoms with E-state index in [0.717, 1.165) is 24.8 Å². The molecule has 14 nitrogen and oxygen atoms in total. The lowest BCUT2D eigenvalue weighted by Crippen LogP contribution is -2.56. The van der Waals surface area contributed by atoms with E-state index >= 15 is 0 Å².